The molecule has 0 aliphatic heterocycles. The molecule has 1 atom stereocenters. The zero-order valence-electron chi connectivity index (χ0n) is 11.8. The Morgan fingerprint density at radius 3 is 2.65 bits per heavy atom. The molecule has 0 aliphatic carbocycles. The molecule has 20 heavy (non-hydrogen) atoms. The summed E-state index contributed by atoms with van der Waals surface area (Å²) in [6.07, 6.45) is 3.83. The molecule has 0 aliphatic rings. The van der Waals surface area contributed by atoms with Crippen molar-refractivity contribution in [1.82, 2.24) is 0 Å². The van der Waals surface area contributed by atoms with Gasteiger partial charge in [-0.25, -0.2) is 4.39 Å². The second-order valence-electron chi connectivity index (χ2n) is 4.41. The van der Waals surface area contributed by atoms with Crippen LogP contribution in [0.25, 0.3) is 0 Å². The molecular formula is C16H21FO3. The van der Waals surface area contributed by atoms with Gasteiger partial charge in [-0.15, -0.1) is 6.58 Å². The SMILES string of the molecule is C=CCC[C@@H](CCOc1ccc(F)cc1)C(=O)OCC. The van der Waals surface area contributed by atoms with Gasteiger partial charge in [-0.05, 0) is 50.5 Å². The summed E-state index contributed by atoms with van der Waals surface area (Å²) in [5.41, 5.74) is 0. The molecule has 0 N–H and O–H groups in total. The van der Waals surface area contributed by atoms with Gasteiger partial charge in [0.15, 0.2) is 0 Å². The number of halogens is 1. The Hall–Kier alpha value is -1.84. The quantitative estimate of drug-likeness (QED) is 0.510. The van der Waals surface area contributed by atoms with Gasteiger partial charge < -0.3 is 9.47 Å². The summed E-state index contributed by atoms with van der Waals surface area (Å²) in [6, 6.07) is 5.82. The standard InChI is InChI=1S/C16H21FO3/c1-3-5-6-13(16(18)19-4-2)11-12-20-15-9-7-14(17)8-10-15/h3,7-10,13H,1,4-6,11-12H2,2H3/t13-/m0/s1. The highest BCUT2D eigenvalue weighted by Gasteiger charge is 2.18. The van der Waals surface area contributed by atoms with E-state index in [1.165, 1.54) is 12.1 Å². The van der Waals surface area contributed by atoms with Crippen molar-refractivity contribution < 1.29 is 18.7 Å². The highest BCUT2D eigenvalue weighted by Crippen LogP contribution is 2.16. The average molecular weight is 280 g/mol. The number of esters is 1. The molecule has 0 heterocycles. The van der Waals surface area contributed by atoms with Crippen molar-refractivity contribution in [2.45, 2.75) is 26.2 Å². The fourth-order valence-corrected chi connectivity index (χ4v) is 1.81. The first-order chi connectivity index (χ1) is 9.67. The number of rotatable bonds is 9. The van der Waals surface area contributed by atoms with Crippen molar-refractivity contribution in [3.05, 3.63) is 42.7 Å². The van der Waals surface area contributed by atoms with Crippen LogP contribution in [-0.2, 0) is 9.53 Å². The second kappa shape index (κ2) is 9.13. The lowest BCUT2D eigenvalue weighted by Crippen LogP contribution is -2.20. The molecule has 0 saturated carbocycles. The maximum atomic E-state index is 12.7. The van der Waals surface area contributed by atoms with E-state index in [1.807, 2.05) is 0 Å². The van der Waals surface area contributed by atoms with Crippen LogP contribution in [0.5, 0.6) is 5.75 Å². The maximum absolute atomic E-state index is 12.7. The van der Waals surface area contributed by atoms with Crippen LogP contribution in [0.2, 0.25) is 0 Å². The molecule has 0 amide bonds. The minimum absolute atomic E-state index is 0.187. The van der Waals surface area contributed by atoms with E-state index in [1.54, 1.807) is 25.1 Å². The molecule has 4 heteroatoms. The molecule has 0 aromatic heterocycles. The molecule has 1 aromatic rings. The lowest BCUT2D eigenvalue weighted by atomic mass is 10.00. The summed E-state index contributed by atoms with van der Waals surface area (Å²) in [6.45, 7) is 6.22. The van der Waals surface area contributed by atoms with Crippen molar-refractivity contribution in [2.24, 2.45) is 5.92 Å². The molecule has 0 spiro atoms. The lowest BCUT2D eigenvalue weighted by Gasteiger charge is -2.15. The van der Waals surface area contributed by atoms with Gasteiger partial charge in [0.05, 0.1) is 19.1 Å². The van der Waals surface area contributed by atoms with Crippen LogP contribution in [0.4, 0.5) is 4.39 Å². The normalized spacial score (nSPS) is 11.7. The van der Waals surface area contributed by atoms with Crippen LogP contribution in [0, 0.1) is 11.7 Å². The van der Waals surface area contributed by atoms with E-state index >= 15 is 0 Å². The number of allylic oxidation sites excluding steroid dienone is 1. The number of carbonyl (C=O) groups excluding carboxylic acids is 1. The van der Waals surface area contributed by atoms with E-state index in [2.05, 4.69) is 6.58 Å². The van der Waals surface area contributed by atoms with Gasteiger partial charge in [-0.1, -0.05) is 6.08 Å². The third kappa shape index (κ3) is 5.87. The third-order valence-electron chi connectivity index (χ3n) is 2.89. The third-order valence-corrected chi connectivity index (χ3v) is 2.89. The van der Waals surface area contributed by atoms with E-state index in [0.29, 0.717) is 31.8 Å². The number of hydrogen-bond donors (Lipinski definition) is 0. The molecule has 0 bridgehead atoms. The van der Waals surface area contributed by atoms with Crippen LogP contribution < -0.4 is 4.74 Å². The largest absolute Gasteiger partial charge is 0.494 e. The second-order valence-corrected chi connectivity index (χ2v) is 4.41. The Labute approximate surface area is 119 Å². The molecular weight excluding hydrogens is 259 g/mol. The monoisotopic (exact) mass is 280 g/mol. The fraction of sp³-hybridized carbons (Fsp3) is 0.438. The number of hydrogen-bond acceptors (Lipinski definition) is 3. The summed E-state index contributed by atoms with van der Waals surface area (Å²) in [5.74, 6) is -0.0871. The number of ether oxygens (including phenoxy) is 2. The van der Waals surface area contributed by atoms with Crippen molar-refractivity contribution in [1.29, 1.82) is 0 Å². The Balaban J connectivity index is 2.42. The Morgan fingerprint density at radius 1 is 1.35 bits per heavy atom. The lowest BCUT2D eigenvalue weighted by molar-refractivity contribution is -0.148. The van der Waals surface area contributed by atoms with Crippen molar-refractivity contribution in [2.75, 3.05) is 13.2 Å². The van der Waals surface area contributed by atoms with Crippen LogP contribution >= 0.6 is 0 Å². The maximum Gasteiger partial charge on any atom is 0.309 e. The van der Waals surface area contributed by atoms with Gasteiger partial charge in [-0.2, -0.15) is 0 Å². The van der Waals surface area contributed by atoms with Gasteiger partial charge in [0, 0.05) is 0 Å². The van der Waals surface area contributed by atoms with Gasteiger partial charge in [0.25, 0.3) is 0 Å². The number of benzene rings is 1. The molecule has 110 valence electrons. The van der Waals surface area contributed by atoms with E-state index in [0.717, 1.165) is 6.42 Å². The summed E-state index contributed by atoms with van der Waals surface area (Å²) in [4.78, 5) is 11.8. The fourth-order valence-electron chi connectivity index (χ4n) is 1.81. The van der Waals surface area contributed by atoms with E-state index < -0.39 is 0 Å². The summed E-state index contributed by atoms with van der Waals surface area (Å²) < 4.78 is 23.3. The van der Waals surface area contributed by atoms with E-state index in [9.17, 15) is 9.18 Å². The van der Waals surface area contributed by atoms with Crippen LogP contribution in [0.15, 0.2) is 36.9 Å². The van der Waals surface area contributed by atoms with Crippen LogP contribution in [0.3, 0.4) is 0 Å². The molecule has 1 aromatic carbocycles. The predicted octanol–water partition coefficient (Wildman–Crippen LogP) is 3.74. The highest BCUT2D eigenvalue weighted by molar-refractivity contribution is 5.72. The van der Waals surface area contributed by atoms with Gasteiger partial charge in [-0.3, -0.25) is 4.79 Å². The van der Waals surface area contributed by atoms with E-state index in [-0.39, 0.29) is 17.7 Å². The predicted molar refractivity (Wildman–Crippen MR) is 76.1 cm³/mol. The van der Waals surface area contributed by atoms with Crippen molar-refractivity contribution in [3.63, 3.8) is 0 Å². The summed E-state index contributed by atoms with van der Waals surface area (Å²) in [7, 11) is 0. The van der Waals surface area contributed by atoms with Gasteiger partial charge in [0.1, 0.15) is 11.6 Å². The topological polar surface area (TPSA) is 35.5 Å². The van der Waals surface area contributed by atoms with Crippen LogP contribution in [0.1, 0.15) is 26.2 Å². The van der Waals surface area contributed by atoms with Crippen molar-refractivity contribution >= 4 is 5.97 Å². The first-order valence-corrected chi connectivity index (χ1v) is 6.83. The first kappa shape index (κ1) is 16.2. The minimum Gasteiger partial charge on any atom is -0.494 e. The minimum atomic E-state index is -0.298. The van der Waals surface area contributed by atoms with Crippen molar-refractivity contribution in [3.8, 4) is 5.75 Å². The molecule has 3 nitrogen and oxygen atoms in total. The zero-order chi connectivity index (χ0) is 14.8. The Bertz CT molecular complexity index is 414. The molecule has 1 rings (SSSR count). The van der Waals surface area contributed by atoms with E-state index in [4.69, 9.17) is 9.47 Å². The smallest absolute Gasteiger partial charge is 0.309 e. The summed E-state index contributed by atoms with van der Waals surface area (Å²) >= 11 is 0. The first-order valence-electron chi connectivity index (χ1n) is 6.83. The molecule has 0 saturated heterocycles. The van der Waals surface area contributed by atoms with Crippen LogP contribution in [-0.4, -0.2) is 19.2 Å². The summed E-state index contributed by atoms with van der Waals surface area (Å²) in [5, 5.41) is 0. The number of carbonyl (C=O) groups is 1. The van der Waals surface area contributed by atoms with Gasteiger partial charge >= 0.3 is 5.97 Å². The van der Waals surface area contributed by atoms with Gasteiger partial charge in [0.2, 0.25) is 0 Å². The zero-order valence-corrected chi connectivity index (χ0v) is 11.8. The molecule has 0 fully saturated rings. The Morgan fingerprint density at radius 2 is 2.05 bits per heavy atom. The highest BCUT2D eigenvalue weighted by atomic mass is 19.1. The molecule has 0 radical (unpaired) electrons. The molecule has 0 unspecified atom stereocenters. The average Bonchev–Trinajstić information content (AvgIpc) is 2.44. The Kier molecular flexibility index (Phi) is 7.40.